The van der Waals surface area contributed by atoms with Crippen LogP contribution in [0.2, 0.25) is 0 Å². The van der Waals surface area contributed by atoms with Crippen LogP contribution in [0.15, 0.2) is 54.6 Å². The van der Waals surface area contributed by atoms with Crippen LogP contribution in [0.4, 0.5) is 0 Å². The number of cyclic esters (lactones) is 1. The van der Waals surface area contributed by atoms with Crippen LogP contribution >= 0.6 is 15.9 Å². The Kier molecular flexibility index (Phi) is 4.24. The molecule has 0 fully saturated rings. The summed E-state index contributed by atoms with van der Waals surface area (Å²) < 4.78 is 10.6. The second kappa shape index (κ2) is 6.32. The first kappa shape index (κ1) is 14.8. The molecule has 3 rings (SSSR count). The van der Waals surface area contributed by atoms with Crippen molar-refractivity contribution in [3.05, 3.63) is 71.3 Å². The van der Waals surface area contributed by atoms with E-state index < -0.39 is 22.9 Å². The third kappa shape index (κ3) is 2.90. The highest BCUT2D eigenvalue weighted by Crippen LogP contribution is 2.36. The number of carbonyl (C=O) groups excluding carboxylic acids is 2. The van der Waals surface area contributed by atoms with Crippen LogP contribution in [0, 0.1) is 0 Å². The number of benzene rings is 2. The maximum absolute atomic E-state index is 12.2. The van der Waals surface area contributed by atoms with Crippen molar-refractivity contribution >= 4 is 27.9 Å². The van der Waals surface area contributed by atoms with Gasteiger partial charge in [-0.2, -0.15) is 0 Å². The fourth-order valence-electron chi connectivity index (χ4n) is 2.32. The quantitative estimate of drug-likeness (QED) is 0.619. The first-order valence-corrected chi connectivity index (χ1v) is 7.73. The molecule has 112 valence electrons. The summed E-state index contributed by atoms with van der Waals surface area (Å²) in [6.45, 7) is 0.185. The molecule has 0 radical (unpaired) electrons. The summed E-state index contributed by atoms with van der Waals surface area (Å²) in [5.41, 5.74) is 2.10. The molecule has 0 saturated carbocycles. The molecule has 0 bridgehead atoms. The predicted molar refractivity (Wildman–Crippen MR) is 83.6 cm³/mol. The summed E-state index contributed by atoms with van der Waals surface area (Å²) in [7, 11) is 0. The van der Waals surface area contributed by atoms with Crippen LogP contribution in [0.1, 0.15) is 27.6 Å². The second-order valence-corrected chi connectivity index (χ2v) is 5.89. The molecule has 0 N–H and O–H groups in total. The van der Waals surface area contributed by atoms with E-state index in [1.165, 1.54) is 0 Å². The number of esters is 2. The van der Waals surface area contributed by atoms with E-state index in [0.29, 0.717) is 11.1 Å². The lowest BCUT2D eigenvalue weighted by molar-refractivity contribution is -0.146. The lowest BCUT2D eigenvalue weighted by Crippen LogP contribution is -2.24. The van der Waals surface area contributed by atoms with Gasteiger partial charge in [-0.15, -0.1) is 0 Å². The Bertz CT molecular complexity index is 699. The van der Waals surface area contributed by atoms with Crippen molar-refractivity contribution in [1.82, 2.24) is 0 Å². The molecule has 5 heteroatoms. The second-order valence-electron chi connectivity index (χ2n) is 4.91. The largest absolute Gasteiger partial charge is 0.460 e. The molecule has 0 spiro atoms. The van der Waals surface area contributed by atoms with Gasteiger partial charge >= 0.3 is 11.9 Å². The van der Waals surface area contributed by atoms with E-state index in [-0.39, 0.29) is 6.61 Å². The molecular weight excluding hydrogens is 348 g/mol. The molecule has 0 saturated heterocycles. The van der Waals surface area contributed by atoms with Gasteiger partial charge < -0.3 is 9.47 Å². The van der Waals surface area contributed by atoms with Gasteiger partial charge in [-0.05, 0) is 11.6 Å². The standard InChI is InChI=1S/C17H13BrO4/c18-14(17(20)21-10-11-6-2-1-3-7-11)15-12-8-4-5-9-13(12)16(19)22-15/h1-9,14-15H,10H2/t14-,15-/m0/s1. The number of ether oxygens (including phenoxy) is 2. The van der Waals surface area contributed by atoms with Crippen LogP contribution in [0.5, 0.6) is 0 Å². The monoisotopic (exact) mass is 360 g/mol. The highest BCUT2D eigenvalue weighted by molar-refractivity contribution is 9.10. The minimum absolute atomic E-state index is 0.185. The lowest BCUT2D eigenvalue weighted by Gasteiger charge is -2.16. The van der Waals surface area contributed by atoms with Crippen molar-refractivity contribution in [1.29, 1.82) is 0 Å². The van der Waals surface area contributed by atoms with Gasteiger partial charge in [-0.25, -0.2) is 4.79 Å². The minimum atomic E-state index is -0.733. The number of alkyl halides is 1. The van der Waals surface area contributed by atoms with Crippen LogP contribution < -0.4 is 0 Å². The van der Waals surface area contributed by atoms with Crippen molar-refractivity contribution < 1.29 is 19.1 Å². The molecular formula is C17H13BrO4. The fraction of sp³-hybridized carbons (Fsp3) is 0.176. The SMILES string of the molecule is O=C1O[C@H]([C@H](Br)C(=O)OCc2ccccc2)c2ccccc21. The van der Waals surface area contributed by atoms with E-state index in [1.54, 1.807) is 18.2 Å². The third-order valence-electron chi connectivity index (χ3n) is 3.44. The third-order valence-corrected chi connectivity index (χ3v) is 4.29. The van der Waals surface area contributed by atoms with Crippen LogP contribution in [-0.4, -0.2) is 16.8 Å². The zero-order valence-corrected chi connectivity index (χ0v) is 13.2. The van der Waals surface area contributed by atoms with Gasteiger partial charge in [0.2, 0.25) is 0 Å². The molecule has 0 aromatic heterocycles. The van der Waals surface area contributed by atoms with Crippen molar-refractivity contribution in [2.24, 2.45) is 0 Å². The van der Waals surface area contributed by atoms with Crippen molar-refractivity contribution in [2.45, 2.75) is 17.5 Å². The molecule has 0 unspecified atom stereocenters. The van der Waals surface area contributed by atoms with Gasteiger partial charge in [0, 0.05) is 5.56 Å². The highest BCUT2D eigenvalue weighted by Gasteiger charge is 2.39. The molecule has 1 aliphatic heterocycles. The predicted octanol–water partition coefficient (Wildman–Crippen LogP) is 3.41. The summed E-state index contributed by atoms with van der Waals surface area (Å²) in [5.74, 6) is -0.876. The first-order chi connectivity index (χ1) is 10.7. The number of halogens is 1. The molecule has 4 nitrogen and oxygen atoms in total. The summed E-state index contributed by atoms with van der Waals surface area (Å²) in [5, 5.41) is 0. The average Bonchev–Trinajstić information content (AvgIpc) is 2.90. The fourth-order valence-corrected chi connectivity index (χ4v) is 2.85. The number of rotatable bonds is 4. The zero-order valence-electron chi connectivity index (χ0n) is 11.6. The number of hydrogen-bond donors (Lipinski definition) is 0. The highest BCUT2D eigenvalue weighted by atomic mass is 79.9. The van der Waals surface area contributed by atoms with Crippen LogP contribution in [-0.2, 0) is 20.9 Å². The molecule has 2 aromatic carbocycles. The maximum Gasteiger partial charge on any atom is 0.339 e. The molecule has 22 heavy (non-hydrogen) atoms. The van der Waals surface area contributed by atoms with Crippen molar-refractivity contribution in [2.75, 3.05) is 0 Å². The molecule has 2 atom stereocenters. The van der Waals surface area contributed by atoms with E-state index in [0.717, 1.165) is 5.56 Å². The average molecular weight is 361 g/mol. The van der Waals surface area contributed by atoms with E-state index in [9.17, 15) is 9.59 Å². The van der Waals surface area contributed by atoms with Gasteiger partial charge in [0.05, 0.1) is 5.56 Å². The van der Waals surface area contributed by atoms with E-state index in [2.05, 4.69) is 15.9 Å². The van der Waals surface area contributed by atoms with Gasteiger partial charge in [0.25, 0.3) is 0 Å². The Morgan fingerprint density at radius 2 is 1.82 bits per heavy atom. The van der Waals surface area contributed by atoms with Crippen LogP contribution in [0.25, 0.3) is 0 Å². The summed E-state index contributed by atoms with van der Waals surface area (Å²) in [6, 6.07) is 16.4. The van der Waals surface area contributed by atoms with E-state index in [4.69, 9.17) is 9.47 Å². The molecule has 0 aliphatic carbocycles. The Balaban J connectivity index is 1.68. The van der Waals surface area contributed by atoms with Crippen LogP contribution in [0.3, 0.4) is 0 Å². The Labute approximate surface area is 136 Å². The van der Waals surface area contributed by atoms with Crippen molar-refractivity contribution in [3.8, 4) is 0 Å². The summed E-state index contributed by atoms with van der Waals surface area (Å²) >= 11 is 3.29. The number of fused-ring (bicyclic) bond motifs is 1. The smallest absolute Gasteiger partial charge is 0.339 e. The Hall–Kier alpha value is -2.14. The first-order valence-electron chi connectivity index (χ1n) is 6.81. The van der Waals surface area contributed by atoms with Gasteiger partial charge in [0.1, 0.15) is 6.61 Å². The van der Waals surface area contributed by atoms with E-state index >= 15 is 0 Å². The number of carbonyl (C=O) groups is 2. The Morgan fingerprint density at radius 1 is 1.14 bits per heavy atom. The van der Waals surface area contributed by atoms with Crippen molar-refractivity contribution in [3.63, 3.8) is 0 Å². The molecule has 1 heterocycles. The zero-order chi connectivity index (χ0) is 15.5. The normalized spacial score (nSPS) is 17.5. The van der Waals surface area contributed by atoms with E-state index in [1.807, 2.05) is 36.4 Å². The Morgan fingerprint density at radius 3 is 2.59 bits per heavy atom. The summed E-state index contributed by atoms with van der Waals surface area (Å²) in [6.07, 6.45) is -0.660. The molecule has 2 aromatic rings. The van der Waals surface area contributed by atoms with Gasteiger partial charge in [-0.1, -0.05) is 64.5 Å². The number of hydrogen-bond acceptors (Lipinski definition) is 4. The minimum Gasteiger partial charge on any atom is -0.460 e. The topological polar surface area (TPSA) is 52.6 Å². The lowest BCUT2D eigenvalue weighted by atomic mass is 10.0. The maximum atomic E-state index is 12.2. The van der Waals surface area contributed by atoms with Gasteiger partial charge in [-0.3, -0.25) is 4.79 Å². The summed E-state index contributed by atoms with van der Waals surface area (Å²) in [4.78, 5) is 23.2. The van der Waals surface area contributed by atoms with Gasteiger partial charge in [0.15, 0.2) is 10.9 Å². The molecule has 0 amide bonds. The molecule has 1 aliphatic rings.